The molecule has 126 valence electrons. The summed E-state index contributed by atoms with van der Waals surface area (Å²) in [4.78, 5) is 4.35. The standard InChI is InChI=1S/C15H18N6O2S/c1-3-7-13-16-14(23-18-13)10-24-15-17-19-20-21(15)11-8-5-6-9-12(11)22-4-2/h5-6,8-9H,3-4,7,10H2,1-2H3. The minimum atomic E-state index is 0.508. The topological polar surface area (TPSA) is 91.8 Å². The third-order valence-corrected chi connectivity index (χ3v) is 4.05. The second kappa shape index (κ2) is 7.91. The van der Waals surface area contributed by atoms with Crippen molar-refractivity contribution in [1.29, 1.82) is 0 Å². The summed E-state index contributed by atoms with van der Waals surface area (Å²) in [7, 11) is 0. The Bertz CT molecular complexity index is 788. The molecule has 2 heterocycles. The van der Waals surface area contributed by atoms with Crippen molar-refractivity contribution in [3.8, 4) is 11.4 Å². The minimum absolute atomic E-state index is 0.508. The Hall–Kier alpha value is -2.42. The average Bonchev–Trinajstić information content (AvgIpc) is 3.23. The Morgan fingerprint density at radius 3 is 2.96 bits per heavy atom. The highest BCUT2D eigenvalue weighted by atomic mass is 32.2. The van der Waals surface area contributed by atoms with Crippen molar-refractivity contribution in [3.63, 3.8) is 0 Å². The highest BCUT2D eigenvalue weighted by Gasteiger charge is 2.15. The third-order valence-electron chi connectivity index (χ3n) is 3.14. The van der Waals surface area contributed by atoms with E-state index in [-0.39, 0.29) is 0 Å². The van der Waals surface area contributed by atoms with Crippen molar-refractivity contribution in [3.05, 3.63) is 36.0 Å². The highest BCUT2D eigenvalue weighted by Crippen LogP contribution is 2.27. The van der Waals surface area contributed by atoms with E-state index in [4.69, 9.17) is 9.26 Å². The van der Waals surface area contributed by atoms with Gasteiger partial charge in [0.1, 0.15) is 11.4 Å². The first-order chi connectivity index (χ1) is 11.8. The Kier molecular flexibility index (Phi) is 5.42. The molecule has 0 aliphatic rings. The molecule has 3 aromatic rings. The molecule has 0 amide bonds. The Labute approximate surface area is 143 Å². The van der Waals surface area contributed by atoms with E-state index in [9.17, 15) is 0 Å². The molecule has 0 bridgehead atoms. The van der Waals surface area contributed by atoms with Crippen LogP contribution in [0.15, 0.2) is 33.9 Å². The summed E-state index contributed by atoms with van der Waals surface area (Å²) < 4.78 is 12.5. The third kappa shape index (κ3) is 3.73. The van der Waals surface area contributed by atoms with Gasteiger partial charge in [0.25, 0.3) is 0 Å². The number of aryl methyl sites for hydroxylation is 1. The van der Waals surface area contributed by atoms with Crippen LogP contribution < -0.4 is 4.74 Å². The van der Waals surface area contributed by atoms with Crippen molar-refractivity contribution < 1.29 is 9.26 Å². The van der Waals surface area contributed by atoms with Gasteiger partial charge < -0.3 is 9.26 Å². The molecule has 0 aliphatic heterocycles. The van der Waals surface area contributed by atoms with Gasteiger partial charge in [-0.25, -0.2) is 0 Å². The number of nitrogens with zero attached hydrogens (tertiary/aromatic N) is 6. The fraction of sp³-hybridized carbons (Fsp3) is 0.400. The van der Waals surface area contributed by atoms with E-state index in [1.54, 1.807) is 4.68 Å². The summed E-state index contributed by atoms with van der Waals surface area (Å²) in [6.45, 7) is 4.59. The fourth-order valence-electron chi connectivity index (χ4n) is 2.13. The summed E-state index contributed by atoms with van der Waals surface area (Å²) >= 11 is 1.43. The van der Waals surface area contributed by atoms with E-state index in [2.05, 4.69) is 32.6 Å². The van der Waals surface area contributed by atoms with Gasteiger partial charge in [-0.2, -0.15) is 9.67 Å². The molecule has 0 N–H and O–H groups in total. The van der Waals surface area contributed by atoms with Gasteiger partial charge in [0.2, 0.25) is 11.0 Å². The van der Waals surface area contributed by atoms with Crippen LogP contribution in [0.5, 0.6) is 5.75 Å². The molecule has 0 fully saturated rings. The first-order valence-electron chi connectivity index (χ1n) is 7.76. The fourth-order valence-corrected chi connectivity index (χ4v) is 2.85. The largest absolute Gasteiger partial charge is 0.492 e. The molecule has 0 aliphatic carbocycles. The van der Waals surface area contributed by atoms with Gasteiger partial charge in [0.15, 0.2) is 5.82 Å². The predicted octanol–water partition coefficient (Wildman–Crippen LogP) is 2.69. The molecule has 1 aromatic carbocycles. The summed E-state index contributed by atoms with van der Waals surface area (Å²) in [5.74, 6) is 2.54. The maximum Gasteiger partial charge on any atom is 0.237 e. The zero-order chi connectivity index (χ0) is 16.8. The van der Waals surface area contributed by atoms with Crippen molar-refractivity contribution in [2.75, 3.05) is 6.61 Å². The van der Waals surface area contributed by atoms with Crippen LogP contribution in [0.1, 0.15) is 32.0 Å². The number of tetrazole rings is 1. The van der Waals surface area contributed by atoms with E-state index in [1.165, 1.54) is 11.8 Å². The van der Waals surface area contributed by atoms with Gasteiger partial charge in [0.05, 0.1) is 12.4 Å². The Balaban J connectivity index is 1.75. The van der Waals surface area contributed by atoms with Gasteiger partial charge in [0, 0.05) is 6.42 Å². The number of hydrogen-bond acceptors (Lipinski definition) is 8. The molecule has 8 nitrogen and oxygen atoms in total. The number of thioether (sulfide) groups is 1. The van der Waals surface area contributed by atoms with Crippen molar-refractivity contribution in [2.45, 2.75) is 37.6 Å². The van der Waals surface area contributed by atoms with Crippen molar-refractivity contribution in [1.82, 2.24) is 30.3 Å². The lowest BCUT2D eigenvalue weighted by Gasteiger charge is -2.10. The number of para-hydroxylation sites is 2. The number of rotatable bonds is 8. The SMILES string of the molecule is CCCc1noc(CSc2nnnn2-c2ccccc2OCC)n1. The molecule has 0 unspecified atom stereocenters. The molecule has 2 aromatic heterocycles. The second-order valence-electron chi connectivity index (χ2n) is 4.92. The molecular formula is C15H18N6O2S. The molecule has 0 saturated heterocycles. The van der Waals surface area contributed by atoms with Crippen LogP contribution >= 0.6 is 11.8 Å². The Morgan fingerprint density at radius 1 is 1.25 bits per heavy atom. The maximum atomic E-state index is 5.64. The molecule has 0 saturated carbocycles. The monoisotopic (exact) mass is 346 g/mol. The van der Waals surface area contributed by atoms with Crippen molar-refractivity contribution >= 4 is 11.8 Å². The number of benzene rings is 1. The summed E-state index contributed by atoms with van der Waals surface area (Å²) in [6, 6.07) is 7.64. The molecule has 0 radical (unpaired) electrons. The van der Waals surface area contributed by atoms with Crippen LogP contribution in [-0.2, 0) is 12.2 Å². The van der Waals surface area contributed by atoms with Crippen LogP contribution in [0.3, 0.4) is 0 Å². The number of hydrogen-bond donors (Lipinski definition) is 0. The van der Waals surface area contributed by atoms with E-state index in [1.807, 2.05) is 31.2 Å². The van der Waals surface area contributed by atoms with Gasteiger partial charge in [-0.3, -0.25) is 0 Å². The van der Waals surface area contributed by atoms with E-state index in [0.717, 1.165) is 30.1 Å². The van der Waals surface area contributed by atoms with Crippen molar-refractivity contribution in [2.24, 2.45) is 0 Å². The molecular weight excluding hydrogens is 328 g/mol. The highest BCUT2D eigenvalue weighted by molar-refractivity contribution is 7.98. The van der Waals surface area contributed by atoms with Crippen LogP contribution in [0.4, 0.5) is 0 Å². The zero-order valence-corrected chi connectivity index (χ0v) is 14.4. The quantitative estimate of drug-likeness (QED) is 0.575. The first kappa shape index (κ1) is 16.4. The van der Waals surface area contributed by atoms with Gasteiger partial charge in [-0.15, -0.1) is 5.10 Å². The predicted molar refractivity (Wildman–Crippen MR) is 88.2 cm³/mol. The summed E-state index contributed by atoms with van der Waals surface area (Å²) in [6.07, 6.45) is 1.80. The van der Waals surface area contributed by atoms with Crippen LogP contribution in [0, 0.1) is 0 Å². The number of ether oxygens (including phenoxy) is 1. The average molecular weight is 346 g/mol. The minimum Gasteiger partial charge on any atom is -0.492 e. The first-order valence-corrected chi connectivity index (χ1v) is 8.75. The molecule has 9 heteroatoms. The van der Waals surface area contributed by atoms with Gasteiger partial charge in [-0.05, 0) is 35.9 Å². The smallest absolute Gasteiger partial charge is 0.237 e. The zero-order valence-electron chi connectivity index (χ0n) is 13.5. The lowest BCUT2D eigenvalue weighted by atomic mass is 10.3. The van der Waals surface area contributed by atoms with Gasteiger partial charge in [-0.1, -0.05) is 36.0 Å². The van der Waals surface area contributed by atoms with E-state index in [0.29, 0.717) is 23.4 Å². The van der Waals surface area contributed by atoms with E-state index >= 15 is 0 Å². The molecule has 0 spiro atoms. The van der Waals surface area contributed by atoms with Crippen LogP contribution in [0.2, 0.25) is 0 Å². The molecule has 24 heavy (non-hydrogen) atoms. The summed E-state index contributed by atoms with van der Waals surface area (Å²) in [5.41, 5.74) is 0.795. The molecule has 0 atom stereocenters. The van der Waals surface area contributed by atoms with E-state index < -0.39 is 0 Å². The Morgan fingerprint density at radius 2 is 2.12 bits per heavy atom. The maximum absolute atomic E-state index is 5.64. The second-order valence-corrected chi connectivity index (χ2v) is 5.86. The number of aromatic nitrogens is 6. The molecule has 3 rings (SSSR count). The normalized spacial score (nSPS) is 10.9. The van der Waals surface area contributed by atoms with Crippen LogP contribution in [-0.4, -0.2) is 37.0 Å². The lowest BCUT2D eigenvalue weighted by molar-refractivity contribution is 0.337. The summed E-state index contributed by atoms with van der Waals surface area (Å²) in [5, 5.41) is 16.5. The van der Waals surface area contributed by atoms with Crippen LogP contribution in [0.25, 0.3) is 5.69 Å². The van der Waals surface area contributed by atoms with Gasteiger partial charge >= 0.3 is 0 Å². The lowest BCUT2D eigenvalue weighted by Crippen LogP contribution is -2.03.